The molecule has 0 spiro atoms. The molecule has 0 amide bonds. The van der Waals surface area contributed by atoms with Gasteiger partial charge in [-0.1, -0.05) is 25.1 Å². The first-order valence-electron chi connectivity index (χ1n) is 11.6. The molecule has 1 aliphatic carbocycles. The highest BCUT2D eigenvalue weighted by atomic mass is 16.3. The number of aromatic hydroxyl groups is 1. The number of aromatic nitrogens is 2. The zero-order valence-electron chi connectivity index (χ0n) is 18.9. The Labute approximate surface area is 186 Å². The molecule has 1 aromatic heterocycles. The van der Waals surface area contributed by atoms with E-state index >= 15 is 0 Å². The third kappa shape index (κ3) is 4.85. The highest BCUT2D eigenvalue weighted by molar-refractivity contribution is 5.67. The largest absolute Gasteiger partial charge is 0.507 e. The monoisotopic (exact) mass is 421 g/mol. The summed E-state index contributed by atoms with van der Waals surface area (Å²) in [6.45, 7) is 14.3. The molecule has 4 rings (SSSR count). The second-order valence-corrected chi connectivity index (χ2v) is 8.68. The van der Waals surface area contributed by atoms with Crippen molar-refractivity contribution in [3.8, 4) is 5.75 Å². The van der Waals surface area contributed by atoms with E-state index in [-0.39, 0.29) is 5.75 Å². The highest BCUT2D eigenvalue weighted by Gasteiger charge is 2.28. The fourth-order valence-electron chi connectivity index (χ4n) is 4.54. The third-order valence-corrected chi connectivity index (χ3v) is 6.89. The standard InChI is InChI=1S/C25H35N5O/c1-4-28(20(3)23-10-5-6-11-24(23)31)13-12-21-18-26-25(27-19(21)2)30-16-14-29(15-17-30)22-8-7-9-22/h5-6,10-11,18,22,31H,3-4,7-9,12-17H2,1-2H3. The zero-order chi connectivity index (χ0) is 21.8. The van der Waals surface area contributed by atoms with E-state index in [9.17, 15) is 5.11 Å². The van der Waals surface area contributed by atoms with E-state index < -0.39 is 0 Å². The third-order valence-electron chi connectivity index (χ3n) is 6.89. The van der Waals surface area contributed by atoms with Crippen LogP contribution in [-0.2, 0) is 6.42 Å². The molecule has 0 bridgehead atoms. The van der Waals surface area contributed by atoms with Crippen LogP contribution in [0.3, 0.4) is 0 Å². The van der Waals surface area contributed by atoms with Gasteiger partial charge in [0.05, 0.1) is 0 Å². The van der Waals surface area contributed by atoms with Crippen molar-refractivity contribution in [2.45, 2.75) is 45.6 Å². The molecule has 166 valence electrons. The van der Waals surface area contributed by atoms with Gasteiger partial charge in [0.2, 0.25) is 5.95 Å². The van der Waals surface area contributed by atoms with Gasteiger partial charge in [-0.15, -0.1) is 0 Å². The number of likely N-dealkylation sites (N-methyl/N-ethyl adjacent to an activating group) is 1. The molecule has 6 heteroatoms. The fraction of sp³-hybridized carbons (Fsp3) is 0.520. The number of anilines is 1. The Morgan fingerprint density at radius 3 is 2.55 bits per heavy atom. The Morgan fingerprint density at radius 2 is 1.94 bits per heavy atom. The summed E-state index contributed by atoms with van der Waals surface area (Å²) >= 11 is 0. The van der Waals surface area contributed by atoms with Crippen molar-refractivity contribution in [1.29, 1.82) is 0 Å². The molecule has 31 heavy (non-hydrogen) atoms. The van der Waals surface area contributed by atoms with Gasteiger partial charge in [-0.3, -0.25) is 4.90 Å². The first-order valence-corrected chi connectivity index (χ1v) is 11.6. The molecular weight excluding hydrogens is 386 g/mol. The van der Waals surface area contributed by atoms with Crippen LogP contribution < -0.4 is 4.90 Å². The minimum atomic E-state index is 0.271. The summed E-state index contributed by atoms with van der Waals surface area (Å²) in [6, 6.07) is 8.20. The topological polar surface area (TPSA) is 55.7 Å². The van der Waals surface area contributed by atoms with Crippen LogP contribution in [0, 0.1) is 6.92 Å². The number of hydrogen-bond acceptors (Lipinski definition) is 6. The summed E-state index contributed by atoms with van der Waals surface area (Å²) in [6.07, 6.45) is 6.98. The second kappa shape index (κ2) is 9.69. The lowest BCUT2D eigenvalue weighted by Crippen LogP contribution is -2.52. The van der Waals surface area contributed by atoms with Crippen molar-refractivity contribution >= 4 is 11.6 Å². The number of para-hydroxylation sites is 1. The molecule has 1 saturated heterocycles. The Kier molecular flexibility index (Phi) is 6.76. The maximum Gasteiger partial charge on any atom is 0.225 e. The number of nitrogens with zero attached hydrogens (tertiary/aromatic N) is 5. The van der Waals surface area contributed by atoms with Crippen molar-refractivity contribution in [3.63, 3.8) is 0 Å². The molecule has 0 unspecified atom stereocenters. The van der Waals surface area contributed by atoms with Crippen LogP contribution in [0.15, 0.2) is 37.0 Å². The molecule has 6 nitrogen and oxygen atoms in total. The minimum absolute atomic E-state index is 0.271. The van der Waals surface area contributed by atoms with Crippen LogP contribution in [0.25, 0.3) is 5.70 Å². The highest BCUT2D eigenvalue weighted by Crippen LogP contribution is 2.27. The number of benzene rings is 1. The smallest absolute Gasteiger partial charge is 0.225 e. The average molecular weight is 422 g/mol. The summed E-state index contributed by atoms with van der Waals surface area (Å²) in [5.74, 6) is 1.13. The molecule has 1 aliphatic heterocycles. The van der Waals surface area contributed by atoms with E-state index in [2.05, 4.69) is 35.1 Å². The van der Waals surface area contributed by atoms with Crippen molar-refractivity contribution in [1.82, 2.24) is 19.8 Å². The number of aryl methyl sites for hydroxylation is 1. The number of phenols is 1. The summed E-state index contributed by atoms with van der Waals surface area (Å²) in [5.41, 5.74) is 3.85. The maximum atomic E-state index is 10.2. The molecule has 2 aliphatic rings. The molecule has 2 aromatic rings. The maximum absolute atomic E-state index is 10.2. The fourth-order valence-corrected chi connectivity index (χ4v) is 4.54. The predicted molar refractivity (Wildman–Crippen MR) is 126 cm³/mol. The molecule has 2 fully saturated rings. The van der Waals surface area contributed by atoms with Crippen LogP contribution in [0.4, 0.5) is 5.95 Å². The van der Waals surface area contributed by atoms with Crippen molar-refractivity contribution in [2.75, 3.05) is 44.2 Å². The van der Waals surface area contributed by atoms with E-state index in [0.717, 1.165) is 74.6 Å². The van der Waals surface area contributed by atoms with E-state index in [0.29, 0.717) is 0 Å². The molecule has 1 N–H and O–H groups in total. The van der Waals surface area contributed by atoms with Crippen LogP contribution >= 0.6 is 0 Å². The van der Waals surface area contributed by atoms with Crippen LogP contribution in [0.2, 0.25) is 0 Å². The number of hydrogen-bond donors (Lipinski definition) is 1. The lowest BCUT2D eigenvalue weighted by Gasteiger charge is -2.42. The molecular formula is C25H35N5O. The van der Waals surface area contributed by atoms with Gasteiger partial charge in [0.25, 0.3) is 0 Å². The lowest BCUT2D eigenvalue weighted by atomic mass is 9.91. The minimum Gasteiger partial charge on any atom is -0.507 e. The van der Waals surface area contributed by atoms with E-state index in [1.165, 1.54) is 24.8 Å². The Bertz CT molecular complexity index is 903. The van der Waals surface area contributed by atoms with E-state index in [1.807, 2.05) is 24.4 Å². The number of rotatable bonds is 8. The van der Waals surface area contributed by atoms with Crippen molar-refractivity contribution in [2.24, 2.45) is 0 Å². The first kappa shape index (κ1) is 21.6. The van der Waals surface area contributed by atoms with Gasteiger partial charge in [0.15, 0.2) is 0 Å². The van der Waals surface area contributed by atoms with Gasteiger partial charge < -0.3 is 14.9 Å². The first-order chi connectivity index (χ1) is 15.1. The van der Waals surface area contributed by atoms with Crippen LogP contribution in [0.5, 0.6) is 5.75 Å². The second-order valence-electron chi connectivity index (χ2n) is 8.68. The van der Waals surface area contributed by atoms with Crippen molar-refractivity contribution in [3.05, 3.63) is 53.9 Å². The number of piperazine rings is 1. The zero-order valence-corrected chi connectivity index (χ0v) is 18.9. The lowest BCUT2D eigenvalue weighted by molar-refractivity contribution is 0.120. The van der Waals surface area contributed by atoms with E-state index in [4.69, 9.17) is 9.97 Å². The summed E-state index contributed by atoms with van der Waals surface area (Å²) in [7, 11) is 0. The summed E-state index contributed by atoms with van der Waals surface area (Å²) in [4.78, 5) is 16.7. The van der Waals surface area contributed by atoms with Gasteiger partial charge in [-0.05, 0) is 50.8 Å². The van der Waals surface area contributed by atoms with E-state index in [1.54, 1.807) is 6.07 Å². The molecule has 0 radical (unpaired) electrons. The Hall–Kier alpha value is -2.60. The normalized spacial score (nSPS) is 17.4. The van der Waals surface area contributed by atoms with Crippen LogP contribution in [-0.4, -0.2) is 70.2 Å². The Morgan fingerprint density at radius 1 is 1.19 bits per heavy atom. The molecule has 2 heterocycles. The predicted octanol–water partition coefficient (Wildman–Crippen LogP) is 3.70. The molecule has 1 saturated carbocycles. The molecule has 0 atom stereocenters. The van der Waals surface area contributed by atoms with Gasteiger partial charge in [0, 0.05) is 68.5 Å². The quantitative estimate of drug-likeness (QED) is 0.701. The van der Waals surface area contributed by atoms with Crippen LogP contribution in [0.1, 0.15) is 43.0 Å². The van der Waals surface area contributed by atoms with Crippen molar-refractivity contribution < 1.29 is 5.11 Å². The summed E-state index contributed by atoms with van der Waals surface area (Å²) in [5, 5.41) is 10.2. The molecule has 1 aromatic carbocycles. The summed E-state index contributed by atoms with van der Waals surface area (Å²) < 4.78 is 0. The van der Waals surface area contributed by atoms with Gasteiger partial charge in [0.1, 0.15) is 5.75 Å². The van der Waals surface area contributed by atoms with Gasteiger partial charge in [-0.2, -0.15) is 0 Å². The number of phenolic OH excluding ortho intramolecular Hbond substituents is 1. The SMILES string of the molecule is C=C(c1ccccc1O)N(CC)CCc1cnc(N2CCN(C3CCC3)CC2)nc1C. The average Bonchev–Trinajstić information content (AvgIpc) is 2.74. The Balaban J connectivity index is 1.35. The van der Waals surface area contributed by atoms with Gasteiger partial charge >= 0.3 is 0 Å². The van der Waals surface area contributed by atoms with Gasteiger partial charge in [-0.25, -0.2) is 9.97 Å².